The van der Waals surface area contributed by atoms with Gasteiger partial charge in [-0.3, -0.25) is 0 Å². The Hall–Kier alpha value is -4.62. The van der Waals surface area contributed by atoms with Crippen molar-refractivity contribution in [2.75, 3.05) is 28.4 Å². The van der Waals surface area contributed by atoms with Crippen molar-refractivity contribution < 1.29 is 38.1 Å². The molecule has 2 aliphatic heterocycles. The zero-order chi connectivity index (χ0) is 35.4. The van der Waals surface area contributed by atoms with E-state index < -0.39 is 23.9 Å². The molecule has 2 aliphatic rings. The minimum atomic E-state index is -0.412. The quantitative estimate of drug-likeness (QED) is 0.127. The Balaban J connectivity index is 1.40. The van der Waals surface area contributed by atoms with E-state index in [4.69, 9.17) is 18.9 Å². The van der Waals surface area contributed by atoms with Gasteiger partial charge in [0.25, 0.3) is 0 Å². The van der Waals surface area contributed by atoms with Crippen LogP contribution in [-0.2, 0) is 18.9 Å². The lowest BCUT2D eigenvalue weighted by atomic mass is 10.1. The Bertz CT molecular complexity index is 1780. The molecule has 0 amide bonds. The summed E-state index contributed by atoms with van der Waals surface area (Å²) in [4.78, 5) is 52.6. The van der Waals surface area contributed by atoms with E-state index >= 15 is 0 Å². The van der Waals surface area contributed by atoms with Crippen LogP contribution in [0.3, 0.4) is 0 Å². The molecular weight excluding hydrogens is 713 g/mol. The molecule has 0 aromatic heterocycles. The van der Waals surface area contributed by atoms with Crippen molar-refractivity contribution in [3.63, 3.8) is 0 Å². The summed E-state index contributed by atoms with van der Waals surface area (Å²) in [7, 11) is 5.41. The highest BCUT2D eigenvalue weighted by Gasteiger charge is 2.32. The molecule has 0 unspecified atom stereocenters. The molecule has 0 saturated carbocycles. The molecule has 6 rings (SSSR count). The Labute approximate surface area is 305 Å². The van der Waals surface area contributed by atoms with Gasteiger partial charge >= 0.3 is 23.9 Å². The molecule has 8 nitrogen and oxygen atoms in total. The molecular formula is C38H28O8S4. The van der Waals surface area contributed by atoms with Gasteiger partial charge in [0.05, 0.1) is 59.2 Å². The maximum atomic E-state index is 12.2. The van der Waals surface area contributed by atoms with Crippen LogP contribution in [0.5, 0.6) is 0 Å². The summed E-state index contributed by atoms with van der Waals surface area (Å²) >= 11 is 6.54. The molecule has 12 heteroatoms. The molecule has 4 aromatic carbocycles. The maximum Gasteiger partial charge on any atom is 0.337 e. The van der Waals surface area contributed by atoms with Crippen molar-refractivity contribution in [2.24, 2.45) is 0 Å². The second kappa shape index (κ2) is 15.5. The first-order valence-corrected chi connectivity index (χ1v) is 18.2. The van der Waals surface area contributed by atoms with Gasteiger partial charge in [-0.15, -0.1) is 0 Å². The van der Waals surface area contributed by atoms with E-state index in [0.717, 1.165) is 50.3 Å². The predicted octanol–water partition coefficient (Wildman–Crippen LogP) is 9.27. The van der Waals surface area contributed by atoms with Gasteiger partial charge in [0.15, 0.2) is 0 Å². The first kappa shape index (κ1) is 35.2. The van der Waals surface area contributed by atoms with Gasteiger partial charge in [-0.2, -0.15) is 0 Å². The Morgan fingerprint density at radius 2 is 0.520 bits per heavy atom. The van der Waals surface area contributed by atoms with E-state index in [1.807, 2.05) is 48.5 Å². The highest BCUT2D eigenvalue weighted by atomic mass is 32.2. The number of carbonyl (C=O) groups excluding carboxylic acids is 4. The molecule has 4 aromatic rings. The molecule has 2 heterocycles. The van der Waals surface area contributed by atoms with Crippen molar-refractivity contribution in [3.8, 4) is 0 Å². The highest BCUT2D eigenvalue weighted by molar-refractivity contribution is 8.39. The van der Waals surface area contributed by atoms with Crippen LogP contribution >= 0.6 is 47.0 Å². The number of hydrogen-bond acceptors (Lipinski definition) is 12. The third-order valence-corrected chi connectivity index (χ3v) is 13.5. The Morgan fingerprint density at radius 3 is 0.680 bits per heavy atom. The number of benzene rings is 4. The smallest absolute Gasteiger partial charge is 0.337 e. The second-order valence-electron chi connectivity index (χ2n) is 10.6. The molecule has 0 fully saturated rings. The van der Waals surface area contributed by atoms with Gasteiger partial charge in [0, 0.05) is 19.6 Å². The van der Waals surface area contributed by atoms with E-state index in [-0.39, 0.29) is 0 Å². The molecule has 0 radical (unpaired) electrons. The minimum absolute atomic E-state index is 0.412. The van der Waals surface area contributed by atoms with E-state index in [0.29, 0.717) is 22.3 Å². The number of ether oxygens (including phenoxy) is 4. The lowest BCUT2D eigenvalue weighted by molar-refractivity contribution is 0.0592. The molecule has 252 valence electrons. The van der Waals surface area contributed by atoms with E-state index in [1.165, 1.54) is 28.4 Å². The van der Waals surface area contributed by atoms with Gasteiger partial charge in [-0.05, 0) is 70.8 Å². The van der Waals surface area contributed by atoms with Gasteiger partial charge in [0.2, 0.25) is 0 Å². The summed E-state index contributed by atoms with van der Waals surface area (Å²) < 4.78 is 21.7. The van der Waals surface area contributed by atoms with Crippen LogP contribution in [0.15, 0.2) is 106 Å². The minimum Gasteiger partial charge on any atom is -0.465 e. The SMILES string of the molecule is COC(=O)c1ccc(C2=C(c3ccc(C(=O)OC)cc3)SC(=C3SC(c4ccc(C(=O)OC)cc4)=C(c4ccc(C(=O)OC)cc4)S3)S2)cc1. The van der Waals surface area contributed by atoms with Crippen LogP contribution in [0.1, 0.15) is 63.7 Å². The molecule has 0 bridgehead atoms. The van der Waals surface area contributed by atoms with Crippen molar-refractivity contribution >= 4 is 90.5 Å². The standard InChI is InChI=1S/C38H28O8S4/c1-43-33(39)25-13-5-21(6-14-25)29-30(22-7-15-26(16-8-22)34(40)44-2)48-37(47-29)38-49-31(23-9-17-27(18-10-23)35(41)45-3)32(50-38)24-11-19-28(20-12-24)36(42)46-4/h5-20H,1-4H3. The number of esters is 4. The van der Waals surface area contributed by atoms with Gasteiger partial charge in [0.1, 0.15) is 0 Å². The average Bonchev–Trinajstić information content (AvgIpc) is 3.83. The molecule has 0 N–H and O–H groups in total. The van der Waals surface area contributed by atoms with Gasteiger partial charge < -0.3 is 18.9 Å². The van der Waals surface area contributed by atoms with E-state index in [2.05, 4.69) is 0 Å². The zero-order valence-corrected chi connectivity index (χ0v) is 30.4. The Morgan fingerprint density at radius 1 is 0.340 bits per heavy atom. The van der Waals surface area contributed by atoms with Crippen LogP contribution in [-0.4, -0.2) is 52.3 Å². The van der Waals surface area contributed by atoms with Crippen LogP contribution < -0.4 is 0 Å². The van der Waals surface area contributed by atoms with Crippen molar-refractivity contribution in [1.82, 2.24) is 0 Å². The fourth-order valence-corrected chi connectivity index (χ4v) is 10.8. The first-order chi connectivity index (χ1) is 24.2. The highest BCUT2D eigenvalue weighted by Crippen LogP contribution is 2.66. The average molecular weight is 741 g/mol. The molecule has 0 spiro atoms. The summed E-state index contributed by atoms with van der Waals surface area (Å²) in [5.41, 5.74) is 5.51. The topological polar surface area (TPSA) is 105 Å². The lowest BCUT2D eigenvalue weighted by Gasteiger charge is -2.08. The monoisotopic (exact) mass is 740 g/mol. The summed E-state index contributed by atoms with van der Waals surface area (Å²) in [6, 6.07) is 29.2. The summed E-state index contributed by atoms with van der Waals surface area (Å²) in [5.74, 6) is -1.65. The number of thioether (sulfide) groups is 4. The van der Waals surface area contributed by atoms with Crippen molar-refractivity contribution in [3.05, 3.63) is 150 Å². The maximum absolute atomic E-state index is 12.2. The van der Waals surface area contributed by atoms with E-state index in [1.54, 1.807) is 95.6 Å². The first-order valence-electron chi connectivity index (χ1n) is 14.9. The summed E-state index contributed by atoms with van der Waals surface area (Å²) in [6.45, 7) is 0. The van der Waals surface area contributed by atoms with Crippen molar-refractivity contribution in [2.45, 2.75) is 0 Å². The molecule has 50 heavy (non-hydrogen) atoms. The number of hydrogen-bond donors (Lipinski definition) is 0. The zero-order valence-electron chi connectivity index (χ0n) is 27.1. The molecule has 0 saturated heterocycles. The largest absolute Gasteiger partial charge is 0.465 e. The number of methoxy groups -OCH3 is 4. The third-order valence-electron chi connectivity index (χ3n) is 7.63. The van der Waals surface area contributed by atoms with Crippen LogP contribution in [0, 0.1) is 0 Å². The van der Waals surface area contributed by atoms with E-state index in [9.17, 15) is 19.2 Å². The van der Waals surface area contributed by atoms with Crippen molar-refractivity contribution in [1.29, 1.82) is 0 Å². The van der Waals surface area contributed by atoms with Crippen LogP contribution in [0.2, 0.25) is 0 Å². The molecule has 0 atom stereocenters. The van der Waals surface area contributed by atoms with Gasteiger partial charge in [-0.1, -0.05) is 95.6 Å². The van der Waals surface area contributed by atoms with Crippen LogP contribution in [0.25, 0.3) is 19.6 Å². The van der Waals surface area contributed by atoms with Gasteiger partial charge in [-0.25, -0.2) is 19.2 Å². The lowest BCUT2D eigenvalue weighted by Crippen LogP contribution is -2.01. The normalized spacial score (nSPS) is 14.2. The summed E-state index contributed by atoms with van der Waals surface area (Å²) in [6.07, 6.45) is 0. The summed E-state index contributed by atoms with van der Waals surface area (Å²) in [5, 5.41) is 0. The second-order valence-corrected chi connectivity index (χ2v) is 15.2. The van der Waals surface area contributed by atoms with Crippen LogP contribution in [0.4, 0.5) is 0 Å². The fraction of sp³-hybridized carbons (Fsp3) is 0.105. The predicted molar refractivity (Wildman–Crippen MR) is 202 cm³/mol. The number of rotatable bonds is 8. The third kappa shape index (κ3) is 7.29. The Kier molecular flexibility index (Phi) is 10.9. The molecule has 0 aliphatic carbocycles. The number of carbonyl (C=O) groups is 4. The fourth-order valence-electron chi connectivity index (χ4n) is 5.03.